The van der Waals surface area contributed by atoms with Gasteiger partial charge in [-0.25, -0.2) is 4.98 Å². The van der Waals surface area contributed by atoms with Crippen molar-refractivity contribution in [3.05, 3.63) is 55.1 Å². The maximum absolute atomic E-state index is 4.38. The quantitative estimate of drug-likeness (QED) is 0.640. The number of nitrogens with one attached hydrogen (secondary N) is 1. The van der Waals surface area contributed by atoms with Crippen LogP contribution < -0.4 is 5.32 Å². The van der Waals surface area contributed by atoms with Gasteiger partial charge >= 0.3 is 0 Å². The Kier molecular flexibility index (Phi) is 4.68. The first-order valence-electron chi connectivity index (χ1n) is 6.29. The molecule has 1 atom stereocenters. The molecule has 0 saturated heterocycles. The molecule has 4 heteroatoms. The van der Waals surface area contributed by atoms with Crippen molar-refractivity contribution in [3.8, 4) is 0 Å². The van der Waals surface area contributed by atoms with E-state index in [1.807, 2.05) is 36.2 Å². The monoisotopic (exact) mass is 273 g/mol. The minimum atomic E-state index is 0.172. The van der Waals surface area contributed by atoms with Crippen molar-refractivity contribution in [1.82, 2.24) is 9.55 Å². The van der Waals surface area contributed by atoms with Crippen LogP contribution in [0.15, 0.2) is 54.2 Å². The molecule has 1 aromatic carbocycles. The molecule has 0 bridgehead atoms. The van der Waals surface area contributed by atoms with Gasteiger partial charge in [0, 0.05) is 35.8 Å². The van der Waals surface area contributed by atoms with Crippen LogP contribution in [0.5, 0.6) is 0 Å². The van der Waals surface area contributed by atoms with Gasteiger partial charge in [-0.1, -0.05) is 18.2 Å². The summed E-state index contributed by atoms with van der Waals surface area (Å²) < 4.78 is 2.04. The summed E-state index contributed by atoms with van der Waals surface area (Å²) in [5.41, 5.74) is 1.14. The molecule has 2 aromatic rings. The number of aromatic nitrogens is 2. The van der Waals surface area contributed by atoms with Gasteiger partial charge in [0.2, 0.25) is 0 Å². The third-order valence-corrected chi connectivity index (χ3v) is 3.93. The number of thioether (sulfide) groups is 1. The Morgan fingerprint density at radius 2 is 2.26 bits per heavy atom. The fraction of sp³-hybridized carbons (Fsp3) is 0.267. The number of imidazole rings is 1. The maximum atomic E-state index is 4.38. The molecule has 1 unspecified atom stereocenters. The molecular weight excluding hydrogens is 254 g/mol. The van der Waals surface area contributed by atoms with Gasteiger partial charge in [0.05, 0.1) is 6.04 Å². The lowest BCUT2D eigenvalue weighted by molar-refractivity contribution is 0.720. The number of para-hydroxylation sites is 1. The molecular formula is C15H19N3S. The van der Waals surface area contributed by atoms with Gasteiger partial charge in [0.25, 0.3) is 0 Å². The zero-order valence-corrected chi connectivity index (χ0v) is 12.2. The Hall–Kier alpha value is -1.68. The third-order valence-electron chi connectivity index (χ3n) is 2.86. The van der Waals surface area contributed by atoms with Crippen LogP contribution >= 0.6 is 11.8 Å². The molecule has 0 fully saturated rings. The van der Waals surface area contributed by atoms with Crippen molar-refractivity contribution in [1.29, 1.82) is 0 Å². The van der Waals surface area contributed by atoms with Gasteiger partial charge in [0.1, 0.15) is 5.82 Å². The summed E-state index contributed by atoms with van der Waals surface area (Å²) in [5, 5.41) is 3.52. The average Bonchev–Trinajstić information content (AvgIpc) is 2.84. The number of benzene rings is 1. The number of hydrogen-bond acceptors (Lipinski definition) is 3. The Morgan fingerprint density at radius 1 is 1.47 bits per heavy atom. The largest absolute Gasteiger partial charge is 0.374 e. The molecule has 0 aliphatic rings. The number of rotatable bonds is 6. The summed E-state index contributed by atoms with van der Waals surface area (Å²) in [5.74, 6) is 1.94. The van der Waals surface area contributed by atoms with Gasteiger partial charge in [-0.3, -0.25) is 0 Å². The van der Waals surface area contributed by atoms with Gasteiger partial charge in [-0.15, -0.1) is 18.3 Å². The van der Waals surface area contributed by atoms with Gasteiger partial charge in [-0.05, 0) is 19.1 Å². The molecule has 19 heavy (non-hydrogen) atoms. The van der Waals surface area contributed by atoms with Crippen molar-refractivity contribution in [2.75, 3.05) is 11.1 Å². The second-order valence-electron chi connectivity index (χ2n) is 4.36. The molecule has 0 amide bonds. The van der Waals surface area contributed by atoms with E-state index >= 15 is 0 Å². The molecule has 1 N–H and O–H groups in total. The van der Waals surface area contributed by atoms with E-state index in [4.69, 9.17) is 0 Å². The SMILES string of the molecule is C=CCSc1ccccc1NC(C)c1nccn1C. The highest BCUT2D eigenvalue weighted by atomic mass is 32.2. The lowest BCUT2D eigenvalue weighted by Gasteiger charge is -2.17. The van der Waals surface area contributed by atoms with E-state index in [1.165, 1.54) is 4.90 Å². The number of hydrogen-bond donors (Lipinski definition) is 1. The minimum absolute atomic E-state index is 0.172. The summed E-state index contributed by atoms with van der Waals surface area (Å²) >= 11 is 1.78. The fourth-order valence-corrected chi connectivity index (χ4v) is 2.71. The number of aryl methyl sites for hydroxylation is 1. The van der Waals surface area contributed by atoms with Crippen molar-refractivity contribution in [2.45, 2.75) is 17.9 Å². The molecule has 2 rings (SSSR count). The van der Waals surface area contributed by atoms with E-state index in [0.29, 0.717) is 0 Å². The molecule has 3 nitrogen and oxygen atoms in total. The zero-order valence-electron chi connectivity index (χ0n) is 11.3. The minimum Gasteiger partial charge on any atom is -0.374 e. The smallest absolute Gasteiger partial charge is 0.130 e. The maximum Gasteiger partial charge on any atom is 0.130 e. The molecule has 0 radical (unpaired) electrons. The molecule has 100 valence electrons. The summed E-state index contributed by atoms with van der Waals surface area (Å²) in [7, 11) is 2.01. The van der Waals surface area contributed by atoms with Crippen molar-refractivity contribution in [2.24, 2.45) is 7.05 Å². The molecule has 0 aliphatic carbocycles. The highest BCUT2D eigenvalue weighted by Crippen LogP contribution is 2.29. The Morgan fingerprint density at radius 3 is 2.95 bits per heavy atom. The van der Waals surface area contributed by atoms with Crippen LogP contribution in [0.4, 0.5) is 5.69 Å². The van der Waals surface area contributed by atoms with Crippen molar-refractivity contribution >= 4 is 17.4 Å². The highest BCUT2D eigenvalue weighted by molar-refractivity contribution is 7.99. The van der Waals surface area contributed by atoms with Crippen LogP contribution in [0.25, 0.3) is 0 Å². The Labute approximate surface area is 118 Å². The first-order chi connectivity index (χ1) is 9.22. The second-order valence-corrected chi connectivity index (χ2v) is 5.42. The first-order valence-corrected chi connectivity index (χ1v) is 7.27. The fourth-order valence-electron chi connectivity index (χ4n) is 1.95. The summed E-state index contributed by atoms with van der Waals surface area (Å²) in [6.07, 6.45) is 5.71. The van der Waals surface area contributed by atoms with E-state index in [9.17, 15) is 0 Å². The molecule has 1 aromatic heterocycles. The van der Waals surface area contributed by atoms with Crippen LogP contribution in [0.1, 0.15) is 18.8 Å². The zero-order chi connectivity index (χ0) is 13.7. The summed E-state index contributed by atoms with van der Waals surface area (Å²) in [6.45, 7) is 5.89. The lowest BCUT2D eigenvalue weighted by Crippen LogP contribution is -2.12. The summed E-state index contributed by atoms with van der Waals surface area (Å²) in [4.78, 5) is 5.62. The van der Waals surface area contributed by atoms with Gasteiger partial charge in [0.15, 0.2) is 0 Å². The van der Waals surface area contributed by atoms with Crippen LogP contribution in [0.2, 0.25) is 0 Å². The Balaban J connectivity index is 2.14. The topological polar surface area (TPSA) is 29.9 Å². The van der Waals surface area contributed by atoms with Crippen LogP contribution in [0, 0.1) is 0 Å². The van der Waals surface area contributed by atoms with E-state index < -0.39 is 0 Å². The predicted molar refractivity (Wildman–Crippen MR) is 82.6 cm³/mol. The molecule has 0 saturated carbocycles. The van der Waals surface area contributed by atoms with E-state index in [1.54, 1.807) is 11.8 Å². The number of anilines is 1. The highest BCUT2D eigenvalue weighted by Gasteiger charge is 2.11. The average molecular weight is 273 g/mol. The second kappa shape index (κ2) is 6.48. The van der Waals surface area contributed by atoms with Gasteiger partial charge in [-0.2, -0.15) is 0 Å². The standard InChI is InChI=1S/C15H19N3S/c1-4-11-19-14-8-6-5-7-13(14)17-12(2)15-16-9-10-18(15)3/h4-10,12,17H,1,11H2,2-3H3. The first kappa shape index (κ1) is 13.7. The van der Waals surface area contributed by atoms with Crippen LogP contribution in [-0.2, 0) is 7.05 Å². The molecule has 1 heterocycles. The van der Waals surface area contributed by atoms with Crippen LogP contribution in [-0.4, -0.2) is 15.3 Å². The predicted octanol–water partition coefficient (Wildman–Crippen LogP) is 3.87. The van der Waals surface area contributed by atoms with Crippen LogP contribution in [0.3, 0.4) is 0 Å². The summed E-state index contributed by atoms with van der Waals surface area (Å²) in [6, 6.07) is 8.51. The lowest BCUT2D eigenvalue weighted by atomic mass is 10.2. The van der Waals surface area contributed by atoms with Gasteiger partial charge < -0.3 is 9.88 Å². The van der Waals surface area contributed by atoms with E-state index in [-0.39, 0.29) is 6.04 Å². The molecule has 0 spiro atoms. The van der Waals surface area contributed by atoms with E-state index in [0.717, 1.165) is 17.3 Å². The normalized spacial score (nSPS) is 12.1. The van der Waals surface area contributed by atoms with Crippen molar-refractivity contribution < 1.29 is 0 Å². The Bertz CT molecular complexity index is 548. The van der Waals surface area contributed by atoms with E-state index in [2.05, 4.69) is 42.0 Å². The number of nitrogens with zero attached hydrogens (tertiary/aromatic N) is 2. The third kappa shape index (κ3) is 3.41. The van der Waals surface area contributed by atoms with Crippen molar-refractivity contribution in [3.63, 3.8) is 0 Å². The molecule has 0 aliphatic heterocycles.